The minimum absolute atomic E-state index is 0.0197. The lowest BCUT2D eigenvalue weighted by Crippen LogP contribution is -2.07. The highest BCUT2D eigenvalue weighted by molar-refractivity contribution is 7.99. The van der Waals surface area contributed by atoms with Gasteiger partial charge in [0.25, 0.3) is 0 Å². The highest BCUT2D eigenvalue weighted by Gasteiger charge is 2.11. The van der Waals surface area contributed by atoms with Crippen molar-refractivity contribution in [3.63, 3.8) is 0 Å². The van der Waals surface area contributed by atoms with Crippen LogP contribution in [0.15, 0.2) is 35.4 Å². The van der Waals surface area contributed by atoms with Gasteiger partial charge >= 0.3 is 5.97 Å². The van der Waals surface area contributed by atoms with Crippen LogP contribution in [0.4, 0.5) is 0 Å². The minimum Gasteiger partial charge on any atom is -0.481 e. The largest absolute Gasteiger partial charge is 0.481 e. The molecule has 1 aromatic carbocycles. The summed E-state index contributed by atoms with van der Waals surface area (Å²) in [6.07, 6.45) is 0. The van der Waals surface area contributed by atoms with E-state index in [1.807, 2.05) is 22.9 Å². The molecule has 0 amide bonds. The van der Waals surface area contributed by atoms with E-state index in [2.05, 4.69) is 24.2 Å². The molecular formula is C15H18N2O3S. The lowest BCUT2D eigenvalue weighted by atomic mass is 10.1. The number of hydrogen-bond acceptors (Lipinski definition) is 4. The maximum Gasteiger partial charge on any atom is 0.313 e. The van der Waals surface area contributed by atoms with Gasteiger partial charge in [0.15, 0.2) is 0 Å². The van der Waals surface area contributed by atoms with Crippen molar-refractivity contribution < 1.29 is 14.6 Å². The second kappa shape index (κ2) is 7.28. The number of aliphatic carboxylic acids is 1. The van der Waals surface area contributed by atoms with Crippen molar-refractivity contribution in [2.75, 3.05) is 12.9 Å². The normalized spacial score (nSPS) is 10.8. The summed E-state index contributed by atoms with van der Waals surface area (Å²) in [6.45, 7) is 3.10. The molecule has 1 aromatic heterocycles. The zero-order valence-electron chi connectivity index (χ0n) is 12.1. The Morgan fingerprint density at radius 2 is 2.19 bits per heavy atom. The molecule has 0 aliphatic carbocycles. The second-order valence-electron chi connectivity index (χ2n) is 4.67. The lowest BCUT2D eigenvalue weighted by molar-refractivity contribution is -0.133. The molecule has 21 heavy (non-hydrogen) atoms. The second-order valence-corrected chi connectivity index (χ2v) is 5.67. The Bertz CT molecular complexity index is 625. The van der Waals surface area contributed by atoms with Crippen molar-refractivity contribution in [3.05, 3.63) is 47.2 Å². The van der Waals surface area contributed by atoms with Gasteiger partial charge in [0.05, 0.1) is 29.6 Å². The first kappa shape index (κ1) is 15.6. The Kier molecular flexibility index (Phi) is 5.41. The smallest absolute Gasteiger partial charge is 0.313 e. The zero-order chi connectivity index (χ0) is 15.2. The van der Waals surface area contributed by atoms with Crippen LogP contribution in [0.1, 0.15) is 16.8 Å². The van der Waals surface area contributed by atoms with E-state index in [1.54, 1.807) is 7.11 Å². The van der Waals surface area contributed by atoms with Crippen LogP contribution in [0.5, 0.6) is 0 Å². The van der Waals surface area contributed by atoms with Crippen LogP contribution in [0.3, 0.4) is 0 Å². The SMILES string of the molecule is COCc1cc(SCC(=O)O)n(Cc2ccccc2C)n1. The molecule has 0 atom stereocenters. The van der Waals surface area contributed by atoms with Gasteiger partial charge in [0.2, 0.25) is 0 Å². The number of carboxylic acid groups (broad SMARTS) is 1. The van der Waals surface area contributed by atoms with Crippen LogP contribution in [0, 0.1) is 6.92 Å². The predicted octanol–water partition coefficient (Wildman–Crippen LogP) is 2.56. The lowest BCUT2D eigenvalue weighted by Gasteiger charge is -2.08. The van der Waals surface area contributed by atoms with Gasteiger partial charge in [-0.1, -0.05) is 36.0 Å². The predicted molar refractivity (Wildman–Crippen MR) is 81.6 cm³/mol. The van der Waals surface area contributed by atoms with Gasteiger partial charge in [-0.3, -0.25) is 9.48 Å². The van der Waals surface area contributed by atoms with E-state index in [1.165, 1.54) is 22.9 Å². The number of aryl methyl sites for hydroxylation is 1. The Hall–Kier alpha value is -1.79. The number of carboxylic acids is 1. The van der Waals surface area contributed by atoms with Gasteiger partial charge in [0.1, 0.15) is 0 Å². The van der Waals surface area contributed by atoms with Crippen LogP contribution in [0.25, 0.3) is 0 Å². The van der Waals surface area contributed by atoms with Gasteiger partial charge < -0.3 is 9.84 Å². The van der Waals surface area contributed by atoms with E-state index in [4.69, 9.17) is 9.84 Å². The number of benzene rings is 1. The van der Waals surface area contributed by atoms with Crippen LogP contribution in [0.2, 0.25) is 0 Å². The van der Waals surface area contributed by atoms with Gasteiger partial charge in [-0.05, 0) is 24.1 Å². The molecule has 2 aromatic rings. The van der Waals surface area contributed by atoms with E-state index >= 15 is 0 Å². The number of carbonyl (C=O) groups is 1. The number of thioether (sulfide) groups is 1. The maximum atomic E-state index is 10.8. The number of hydrogen-bond donors (Lipinski definition) is 1. The molecule has 0 spiro atoms. The van der Waals surface area contributed by atoms with Crippen LogP contribution >= 0.6 is 11.8 Å². The first-order valence-electron chi connectivity index (χ1n) is 6.55. The number of nitrogens with zero attached hydrogens (tertiary/aromatic N) is 2. The summed E-state index contributed by atoms with van der Waals surface area (Å²) < 4.78 is 6.93. The molecule has 0 aliphatic heterocycles. The first-order valence-corrected chi connectivity index (χ1v) is 7.53. The summed E-state index contributed by atoms with van der Waals surface area (Å²) in [7, 11) is 1.62. The zero-order valence-corrected chi connectivity index (χ0v) is 12.9. The van der Waals surface area contributed by atoms with Crippen LogP contribution < -0.4 is 0 Å². The molecule has 0 unspecified atom stereocenters. The third-order valence-corrected chi connectivity index (χ3v) is 4.03. The fourth-order valence-corrected chi connectivity index (χ4v) is 2.73. The Labute approximate surface area is 127 Å². The quantitative estimate of drug-likeness (QED) is 0.797. The number of ether oxygens (including phenoxy) is 1. The van der Waals surface area contributed by atoms with E-state index in [9.17, 15) is 4.79 Å². The van der Waals surface area contributed by atoms with Crippen molar-refractivity contribution in [1.29, 1.82) is 0 Å². The molecule has 5 nitrogen and oxygen atoms in total. The third-order valence-electron chi connectivity index (χ3n) is 3.01. The van der Waals surface area contributed by atoms with Crippen molar-refractivity contribution in [2.24, 2.45) is 0 Å². The summed E-state index contributed by atoms with van der Waals surface area (Å²) in [5.41, 5.74) is 3.16. The molecule has 0 radical (unpaired) electrons. The molecule has 112 valence electrons. The van der Waals surface area contributed by atoms with Crippen molar-refractivity contribution in [3.8, 4) is 0 Å². The van der Waals surface area contributed by atoms with Gasteiger partial charge in [-0.15, -0.1) is 0 Å². The van der Waals surface area contributed by atoms with Gasteiger partial charge in [-0.2, -0.15) is 5.10 Å². The van der Waals surface area contributed by atoms with Crippen molar-refractivity contribution >= 4 is 17.7 Å². The molecule has 6 heteroatoms. The first-order chi connectivity index (χ1) is 10.1. The van der Waals surface area contributed by atoms with Crippen LogP contribution in [-0.4, -0.2) is 33.7 Å². The topological polar surface area (TPSA) is 64.3 Å². The van der Waals surface area contributed by atoms with E-state index in [0.717, 1.165) is 10.7 Å². The number of aromatic nitrogens is 2. The summed E-state index contributed by atoms with van der Waals surface area (Å²) >= 11 is 1.27. The molecule has 2 rings (SSSR count). The molecule has 0 bridgehead atoms. The molecular weight excluding hydrogens is 288 g/mol. The van der Waals surface area contributed by atoms with E-state index in [-0.39, 0.29) is 5.75 Å². The standard InChI is InChI=1S/C15H18N2O3S/c1-11-5-3-4-6-12(11)8-17-14(21-10-15(18)19)7-13(16-17)9-20-2/h3-7H,8-10H2,1-2H3,(H,18,19). The molecule has 1 N–H and O–H groups in total. The summed E-state index contributed by atoms with van der Waals surface area (Å²) in [5.74, 6) is -0.816. The molecule has 0 saturated heterocycles. The average Bonchev–Trinajstić information content (AvgIpc) is 2.81. The van der Waals surface area contributed by atoms with Crippen molar-refractivity contribution in [1.82, 2.24) is 9.78 Å². The third kappa shape index (κ3) is 4.34. The Balaban J connectivity index is 2.23. The fourth-order valence-electron chi connectivity index (χ4n) is 1.98. The fraction of sp³-hybridized carbons (Fsp3) is 0.333. The van der Waals surface area contributed by atoms with E-state index < -0.39 is 5.97 Å². The molecule has 1 heterocycles. The maximum absolute atomic E-state index is 10.8. The summed E-state index contributed by atoms with van der Waals surface area (Å²) in [4.78, 5) is 10.8. The van der Waals surface area contributed by atoms with Crippen LogP contribution in [-0.2, 0) is 22.7 Å². The van der Waals surface area contributed by atoms with Gasteiger partial charge in [-0.25, -0.2) is 0 Å². The van der Waals surface area contributed by atoms with Crippen molar-refractivity contribution in [2.45, 2.75) is 25.1 Å². The average molecular weight is 306 g/mol. The highest BCUT2D eigenvalue weighted by atomic mass is 32.2. The van der Waals surface area contributed by atoms with E-state index in [0.29, 0.717) is 13.2 Å². The summed E-state index contributed by atoms with van der Waals surface area (Å²) in [5, 5.41) is 14.2. The molecule has 0 saturated carbocycles. The number of methoxy groups -OCH3 is 1. The molecule has 0 fully saturated rings. The molecule has 0 aliphatic rings. The monoisotopic (exact) mass is 306 g/mol. The summed E-state index contributed by atoms with van der Waals surface area (Å²) in [6, 6.07) is 9.98. The Morgan fingerprint density at radius 1 is 1.43 bits per heavy atom. The Morgan fingerprint density at radius 3 is 2.86 bits per heavy atom. The highest BCUT2D eigenvalue weighted by Crippen LogP contribution is 2.21. The minimum atomic E-state index is -0.836. The van der Waals surface area contributed by atoms with Gasteiger partial charge in [0, 0.05) is 7.11 Å². The number of rotatable bonds is 7.